The number of aryl methyl sites for hydroxylation is 1. The van der Waals surface area contributed by atoms with Gasteiger partial charge in [0, 0.05) is 45.3 Å². The van der Waals surface area contributed by atoms with E-state index in [1.54, 1.807) is 23.6 Å². The Kier molecular flexibility index (Phi) is 5.34. The Bertz CT molecular complexity index is 666. The maximum absolute atomic E-state index is 12.8. The molecular formula is C20H29N3O3. The van der Waals surface area contributed by atoms with Crippen molar-refractivity contribution < 1.29 is 14.7 Å². The third-order valence-corrected chi connectivity index (χ3v) is 5.39. The summed E-state index contributed by atoms with van der Waals surface area (Å²) in [5, 5.41) is 9.83. The molecule has 2 amide bonds. The Morgan fingerprint density at radius 2 is 1.81 bits per heavy atom. The summed E-state index contributed by atoms with van der Waals surface area (Å²) < 4.78 is 0. The average Bonchev–Trinajstić information content (AvgIpc) is 2.62. The second-order valence-electron chi connectivity index (χ2n) is 8.07. The molecule has 1 N–H and O–H groups in total. The first-order chi connectivity index (χ1) is 12.2. The lowest BCUT2D eigenvalue weighted by Crippen LogP contribution is -2.64. The van der Waals surface area contributed by atoms with E-state index in [0.29, 0.717) is 25.1 Å². The second-order valence-corrected chi connectivity index (χ2v) is 8.07. The molecule has 2 aliphatic heterocycles. The number of amides is 2. The van der Waals surface area contributed by atoms with Gasteiger partial charge in [0.25, 0.3) is 5.91 Å². The largest absolute Gasteiger partial charge is 0.390 e. The number of hydrogen-bond acceptors (Lipinski definition) is 4. The van der Waals surface area contributed by atoms with Gasteiger partial charge >= 0.3 is 0 Å². The summed E-state index contributed by atoms with van der Waals surface area (Å²) in [5.41, 5.74) is 1.08. The predicted octanol–water partition coefficient (Wildman–Crippen LogP) is 0.988. The molecule has 0 spiro atoms. The van der Waals surface area contributed by atoms with Gasteiger partial charge in [-0.05, 0) is 44.4 Å². The first kappa shape index (κ1) is 18.9. The van der Waals surface area contributed by atoms with E-state index in [2.05, 4.69) is 4.90 Å². The lowest BCUT2D eigenvalue weighted by atomic mass is 9.98. The third kappa shape index (κ3) is 4.24. The Labute approximate surface area is 155 Å². The van der Waals surface area contributed by atoms with Crippen LogP contribution in [-0.2, 0) is 11.2 Å². The molecule has 0 aromatic heterocycles. The predicted molar refractivity (Wildman–Crippen MR) is 100.0 cm³/mol. The average molecular weight is 359 g/mol. The molecule has 0 saturated carbocycles. The summed E-state index contributed by atoms with van der Waals surface area (Å²) in [6.45, 7) is 7.11. The fourth-order valence-corrected chi connectivity index (χ4v) is 3.60. The second kappa shape index (κ2) is 7.37. The van der Waals surface area contributed by atoms with Crippen molar-refractivity contribution >= 4 is 11.8 Å². The van der Waals surface area contributed by atoms with Crippen molar-refractivity contribution in [1.82, 2.24) is 14.7 Å². The number of fused-ring (bicyclic) bond motifs is 1. The highest BCUT2D eigenvalue weighted by Gasteiger charge is 2.38. The Hall–Kier alpha value is -1.92. The number of aliphatic hydroxyl groups is 1. The highest BCUT2D eigenvalue weighted by molar-refractivity contribution is 5.95. The molecule has 1 aromatic carbocycles. The quantitative estimate of drug-likeness (QED) is 0.871. The van der Waals surface area contributed by atoms with Crippen LogP contribution in [0.1, 0.15) is 36.2 Å². The third-order valence-electron chi connectivity index (χ3n) is 5.39. The minimum atomic E-state index is -0.687. The summed E-state index contributed by atoms with van der Waals surface area (Å²) in [7, 11) is 1.83. The molecule has 142 valence electrons. The smallest absolute Gasteiger partial charge is 0.253 e. The van der Waals surface area contributed by atoms with Crippen molar-refractivity contribution in [1.29, 1.82) is 0 Å². The van der Waals surface area contributed by atoms with Crippen LogP contribution in [0.3, 0.4) is 0 Å². The van der Waals surface area contributed by atoms with Gasteiger partial charge in [-0.25, -0.2) is 0 Å². The zero-order valence-corrected chi connectivity index (χ0v) is 15.9. The molecule has 6 heteroatoms. The van der Waals surface area contributed by atoms with Crippen molar-refractivity contribution in [2.24, 2.45) is 0 Å². The van der Waals surface area contributed by atoms with Crippen LogP contribution in [0.2, 0.25) is 0 Å². The highest BCUT2D eigenvalue weighted by atomic mass is 16.3. The zero-order valence-electron chi connectivity index (χ0n) is 15.9. The summed E-state index contributed by atoms with van der Waals surface area (Å²) in [5.74, 6) is 0.0930. The van der Waals surface area contributed by atoms with Crippen LogP contribution in [0, 0.1) is 0 Å². The maximum Gasteiger partial charge on any atom is 0.253 e. The molecule has 0 bridgehead atoms. The number of rotatable bonds is 4. The summed E-state index contributed by atoms with van der Waals surface area (Å²) in [6.07, 6.45) is 1.46. The molecule has 0 aliphatic carbocycles. The normalized spacial score (nSPS) is 21.7. The Morgan fingerprint density at radius 3 is 2.46 bits per heavy atom. The number of likely N-dealkylation sites (N-methyl/N-ethyl adjacent to an activating group) is 1. The number of nitrogens with zero attached hydrogens (tertiary/aromatic N) is 3. The van der Waals surface area contributed by atoms with Gasteiger partial charge in [0.15, 0.2) is 0 Å². The monoisotopic (exact) mass is 359 g/mol. The van der Waals surface area contributed by atoms with Crippen molar-refractivity contribution in [2.45, 2.75) is 38.3 Å². The van der Waals surface area contributed by atoms with E-state index in [1.807, 2.05) is 31.3 Å². The molecule has 2 saturated heterocycles. The Balaban J connectivity index is 1.63. The van der Waals surface area contributed by atoms with Crippen LogP contribution in [0.4, 0.5) is 0 Å². The van der Waals surface area contributed by atoms with E-state index in [0.717, 1.165) is 31.6 Å². The molecule has 26 heavy (non-hydrogen) atoms. The van der Waals surface area contributed by atoms with E-state index >= 15 is 0 Å². The van der Waals surface area contributed by atoms with Crippen LogP contribution >= 0.6 is 0 Å². The van der Waals surface area contributed by atoms with Gasteiger partial charge in [-0.2, -0.15) is 0 Å². The van der Waals surface area contributed by atoms with Crippen LogP contribution in [-0.4, -0.2) is 83.0 Å². The van der Waals surface area contributed by atoms with E-state index in [9.17, 15) is 14.7 Å². The van der Waals surface area contributed by atoms with E-state index in [4.69, 9.17) is 0 Å². The van der Waals surface area contributed by atoms with Crippen molar-refractivity contribution in [3.63, 3.8) is 0 Å². The number of carbonyl (C=O) groups excluding carboxylic acids is 2. The lowest BCUT2D eigenvalue weighted by molar-refractivity contribution is -0.142. The van der Waals surface area contributed by atoms with Crippen LogP contribution in [0.25, 0.3) is 0 Å². The molecule has 3 rings (SSSR count). The van der Waals surface area contributed by atoms with E-state index in [1.165, 1.54) is 0 Å². The standard InChI is InChI=1S/C20H29N3O3/c1-20(2,26)9-8-15-4-6-16(7-5-15)18(24)23-13-12-22-11-10-21(3)19(25)17(22)14-23/h4-7,17,26H,8-14H2,1-3H3/t17-/m1/s1. The molecule has 6 nitrogen and oxygen atoms in total. The van der Waals surface area contributed by atoms with E-state index < -0.39 is 5.60 Å². The summed E-state index contributed by atoms with van der Waals surface area (Å²) in [6, 6.07) is 7.40. The number of benzene rings is 1. The van der Waals surface area contributed by atoms with Crippen LogP contribution in [0.15, 0.2) is 24.3 Å². The fourth-order valence-electron chi connectivity index (χ4n) is 3.60. The van der Waals surface area contributed by atoms with Gasteiger partial charge in [-0.15, -0.1) is 0 Å². The number of hydrogen-bond donors (Lipinski definition) is 1. The molecule has 2 aliphatic rings. The van der Waals surface area contributed by atoms with Crippen molar-refractivity contribution in [3.05, 3.63) is 35.4 Å². The fraction of sp³-hybridized carbons (Fsp3) is 0.600. The topological polar surface area (TPSA) is 64.1 Å². The summed E-state index contributed by atoms with van der Waals surface area (Å²) >= 11 is 0. The zero-order chi connectivity index (χ0) is 18.9. The van der Waals surface area contributed by atoms with Gasteiger partial charge in [0.1, 0.15) is 6.04 Å². The molecule has 0 unspecified atom stereocenters. The molecule has 1 atom stereocenters. The molecule has 2 fully saturated rings. The first-order valence-corrected chi connectivity index (χ1v) is 9.34. The van der Waals surface area contributed by atoms with Gasteiger partial charge in [0.2, 0.25) is 5.91 Å². The van der Waals surface area contributed by atoms with Crippen LogP contribution < -0.4 is 0 Å². The van der Waals surface area contributed by atoms with E-state index in [-0.39, 0.29) is 17.9 Å². The molecule has 2 heterocycles. The molecule has 0 radical (unpaired) electrons. The number of piperazine rings is 2. The maximum atomic E-state index is 12.8. The first-order valence-electron chi connectivity index (χ1n) is 9.34. The minimum Gasteiger partial charge on any atom is -0.390 e. The van der Waals surface area contributed by atoms with Gasteiger partial charge in [-0.1, -0.05) is 12.1 Å². The van der Waals surface area contributed by atoms with Gasteiger partial charge in [-0.3, -0.25) is 14.5 Å². The molecule has 1 aromatic rings. The van der Waals surface area contributed by atoms with Gasteiger partial charge < -0.3 is 14.9 Å². The highest BCUT2D eigenvalue weighted by Crippen LogP contribution is 2.19. The summed E-state index contributed by atoms with van der Waals surface area (Å²) in [4.78, 5) is 31.0. The van der Waals surface area contributed by atoms with Crippen molar-refractivity contribution in [3.8, 4) is 0 Å². The molecular weight excluding hydrogens is 330 g/mol. The SMILES string of the molecule is CN1CCN2CCN(C(=O)c3ccc(CCC(C)(C)O)cc3)C[C@@H]2C1=O. The van der Waals surface area contributed by atoms with Crippen LogP contribution in [0.5, 0.6) is 0 Å². The Morgan fingerprint density at radius 1 is 1.15 bits per heavy atom. The number of carbonyl (C=O) groups is 2. The lowest BCUT2D eigenvalue weighted by Gasteiger charge is -2.45. The van der Waals surface area contributed by atoms with Gasteiger partial charge in [0.05, 0.1) is 5.60 Å². The minimum absolute atomic E-state index is 0.0142. The van der Waals surface area contributed by atoms with Crippen molar-refractivity contribution in [2.75, 3.05) is 39.8 Å².